The van der Waals surface area contributed by atoms with E-state index in [9.17, 15) is 0 Å². The van der Waals surface area contributed by atoms with Crippen LogP contribution in [0.3, 0.4) is 0 Å². The predicted octanol–water partition coefficient (Wildman–Crippen LogP) is 1.99. The Balaban J connectivity index is 3.00. The summed E-state index contributed by atoms with van der Waals surface area (Å²) >= 11 is 11.5. The normalized spacial score (nSPS) is 13.0. The molecule has 0 bridgehead atoms. The molecule has 0 radical (unpaired) electrons. The van der Waals surface area contributed by atoms with Gasteiger partial charge in [-0.3, -0.25) is 0 Å². The highest BCUT2D eigenvalue weighted by molar-refractivity contribution is 6.34. The monoisotopic (exact) mass is 205 g/mol. The molecule has 0 aliphatic heterocycles. The zero-order valence-corrected chi connectivity index (χ0v) is 7.81. The molecule has 0 aromatic heterocycles. The second-order valence-electron chi connectivity index (χ2n) is 2.49. The molecule has 12 heavy (non-hydrogen) atoms. The molecule has 1 atom stereocenters. The minimum absolute atomic E-state index is 0.114. The molecule has 0 spiro atoms. The highest BCUT2D eigenvalue weighted by Gasteiger charge is 2.05. The van der Waals surface area contributed by atoms with Gasteiger partial charge in [0.25, 0.3) is 0 Å². The summed E-state index contributed by atoms with van der Waals surface area (Å²) in [6.07, 6.45) is 0. The van der Waals surface area contributed by atoms with Gasteiger partial charge in [0.1, 0.15) is 0 Å². The maximum absolute atomic E-state index is 8.76. The van der Waals surface area contributed by atoms with Crippen molar-refractivity contribution >= 4 is 23.2 Å². The summed E-state index contributed by atoms with van der Waals surface area (Å²) < 4.78 is 0. The van der Waals surface area contributed by atoms with Crippen LogP contribution in [-0.4, -0.2) is 11.7 Å². The van der Waals surface area contributed by atoms with Crippen LogP contribution in [0.1, 0.15) is 11.6 Å². The summed E-state index contributed by atoms with van der Waals surface area (Å²) in [4.78, 5) is 0. The first-order valence-electron chi connectivity index (χ1n) is 3.46. The Labute approximate surface area is 80.9 Å². The number of aliphatic hydroxyl groups excluding tert-OH is 1. The molecule has 0 aliphatic carbocycles. The van der Waals surface area contributed by atoms with Crippen molar-refractivity contribution in [2.45, 2.75) is 6.04 Å². The summed E-state index contributed by atoms with van der Waals surface area (Å²) in [7, 11) is 0. The van der Waals surface area contributed by atoms with Crippen molar-refractivity contribution in [2.75, 3.05) is 6.61 Å². The fourth-order valence-corrected chi connectivity index (χ4v) is 1.44. The maximum atomic E-state index is 8.76. The van der Waals surface area contributed by atoms with Gasteiger partial charge in [-0.2, -0.15) is 0 Å². The fourth-order valence-electron chi connectivity index (χ4n) is 0.895. The molecule has 2 nitrogen and oxygen atoms in total. The summed E-state index contributed by atoms with van der Waals surface area (Å²) in [5.41, 5.74) is 6.31. The standard InChI is InChI=1S/C8H9Cl2NO/c9-6-1-5(8(11)4-12)2-7(10)3-6/h1-3,8,12H,4,11H2/t8-/m0/s1. The molecule has 3 N–H and O–H groups in total. The number of hydrogen-bond donors (Lipinski definition) is 2. The van der Waals surface area contributed by atoms with Crippen LogP contribution in [0.4, 0.5) is 0 Å². The average Bonchev–Trinajstić information content (AvgIpc) is 2.01. The quantitative estimate of drug-likeness (QED) is 0.777. The summed E-state index contributed by atoms with van der Waals surface area (Å²) in [6, 6.07) is 4.58. The zero-order valence-electron chi connectivity index (χ0n) is 6.30. The fraction of sp³-hybridized carbons (Fsp3) is 0.250. The number of halogens is 2. The van der Waals surface area contributed by atoms with Crippen LogP contribution in [0.2, 0.25) is 10.0 Å². The van der Waals surface area contributed by atoms with Crippen molar-refractivity contribution in [2.24, 2.45) is 5.73 Å². The Morgan fingerprint density at radius 2 is 1.75 bits per heavy atom. The highest BCUT2D eigenvalue weighted by Crippen LogP contribution is 2.22. The molecule has 0 saturated carbocycles. The first kappa shape index (κ1) is 9.81. The lowest BCUT2D eigenvalue weighted by Gasteiger charge is -2.08. The maximum Gasteiger partial charge on any atom is 0.0624 e. The van der Waals surface area contributed by atoms with Gasteiger partial charge >= 0.3 is 0 Å². The third-order valence-electron chi connectivity index (χ3n) is 1.51. The van der Waals surface area contributed by atoms with Crippen molar-refractivity contribution in [3.05, 3.63) is 33.8 Å². The van der Waals surface area contributed by atoms with Gasteiger partial charge in [-0.25, -0.2) is 0 Å². The Kier molecular flexibility index (Phi) is 3.35. The lowest BCUT2D eigenvalue weighted by Crippen LogP contribution is -2.14. The molecule has 1 aromatic rings. The van der Waals surface area contributed by atoms with E-state index in [-0.39, 0.29) is 6.61 Å². The van der Waals surface area contributed by atoms with Gasteiger partial charge in [0.2, 0.25) is 0 Å². The second-order valence-corrected chi connectivity index (χ2v) is 3.36. The third kappa shape index (κ3) is 2.35. The lowest BCUT2D eigenvalue weighted by molar-refractivity contribution is 0.268. The van der Waals surface area contributed by atoms with Crippen molar-refractivity contribution < 1.29 is 5.11 Å². The zero-order chi connectivity index (χ0) is 9.14. The molecule has 0 fully saturated rings. The van der Waals surface area contributed by atoms with E-state index in [1.165, 1.54) is 0 Å². The van der Waals surface area contributed by atoms with E-state index < -0.39 is 6.04 Å². The first-order chi connectivity index (χ1) is 5.63. The smallest absolute Gasteiger partial charge is 0.0624 e. The highest BCUT2D eigenvalue weighted by atomic mass is 35.5. The van der Waals surface area contributed by atoms with E-state index >= 15 is 0 Å². The Bertz CT molecular complexity index is 258. The van der Waals surface area contributed by atoms with E-state index in [2.05, 4.69) is 0 Å². The van der Waals surface area contributed by atoms with E-state index in [4.69, 9.17) is 34.0 Å². The minimum atomic E-state index is -0.416. The van der Waals surface area contributed by atoms with Gasteiger partial charge in [-0.15, -0.1) is 0 Å². The average molecular weight is 206 g/mol. The molecule has 66 valence electrons. The number of hydrogen-bond acceptors (Lipinski definition) is 2. The van der Waals surface area contributed by atoms with Crippen LogP contribution in [0.5, 0.6) is 0 Å². The number of nitrogens with two attached hydrogens (primary N) is 1. The SMILES string of the molecule is N[C@@H](CO)c1cc(Cl)cc(Cl)c1. The molecule has 0 unspecified atom stereocenters. The number of benzene rings is 1. The summed E-state index contributed by atoms with van der Waals surface area (Å²) in [5, 5.41) is 9.82. The first-order valence-corrected chi connectivity index (χ1v) is 4.21. The van der Waals surface area contributed by atoms with Gasteiger partial charge in [-0.1, -0.05) is 23.2 Å². The molecule has 1 aromatic carbocycles. The van der Waals surface area contributed by atoms with Crippen LogP contribution in [0.15, 0.2) is 18.2 Å². The van der Waals surface area contributed by atoms with Gasteiger partial charge in [0, 0.05) is 10.0 Å². The Hall–Kier alpha value is -0.280. The number of rotatable bonds is 2. The molecule has 4 heteroatoms. The van der Waals surface area contributed by atoms with Gasteiger partial charge in [0.05, 0.1) is 12.6 Å². The Morgan fingerprint density at radius 3 is 2.17 bits per heavy atom. The molecule has 0 saturated heterocycles. The van der Waals surface area contributed by atoms with E-state index in [1.807, 2.05) is 0 Å². The second kappa shape index (κ2) is 4.10. The molecular formula is C8H9Cl2NO. The summed E-state index contributed by atoms with van der Waals surface area (Å²) in [6.45, 7) is -0.114. The van der Waals surface area contributed by atoms with Crippen LogP contribution in [-0.2, 0) is 0 Å². The van der Waals surface area contributed by atoms with Gasteiger partial charge in [0.15, 0.2) is 0 Å². The molecule has 0 amide bonds. The lowest BCUT2D eigenvalue weighted by atomic mass is 10.1. The van der Waals surface area contributed by atoms with Gasteiger partial charge in [-0.05, 0) is 23.8 Å². The summed E-state index contributed by atoms with van der Waals surface area (Å²) in [5.74, 6) is 0. The molecule has 1 rings (SSSR count). The topological polar surface area (TPSA) is 46.2 Å². The van der Waals surface area contributed by atoms with Crippen LogP contribution in [0.25, 0.3) is 0 Å². The van der Waals surface area contributed by atoms with Crippen molar-refractivity contribution in [3.8, 4) is 0 Å². The predicted molar refractivity (Wildman–Crippen MR) is 50.5 cm³/mol. The van der Waals surface area contributed by atoms with Crippen LogP contribution >= 0.6 is 23.2 Å². The van der Waals surface area contributed by atoms with Gasteiger partial charge < -0.3 is 10.8 Å². The molecule has 0 aliphatic rings. The van der Waals surface area contributed by atoms with Crippen LogP contribution in [0, 0.1) is 0 Å². The van der Waals surface area contributed by atoms with Crippen molar-refractivity contribution in [3.63, 3.8) is 0 Å². The van der Waals surface area contributed by atoms with Crippen molar-refractivity contribution in [1.82, 2.24) is 0 Å². The van der Waals surface area contributed by atoms with Crippen molar-refractivity contribution in [1.29, 1.82) is 0 Å². The molecular weight excluding hydrogens is 197 g/mol. The van der Waals surface area contributed by atoms with E-state index in [0.29, 0.717) is 10.0 Å². The largest absolute Gasteiger partial charge is 0.394 e. The minimum Gasteiger partial charge on any atom is -0.394 e. The number of aliphatic hydroxyl groups is 1. The third-order valence-corrected chi connectivity index (χ3v) is 1.95. The molecule has 0 heterocycles. The van der Waals surface area contributed by atoms with Crippen LogP contribution < -0.4 is 5.73 Å². The van der Waals surface area contributed by atoms with E-state index in [1.54, 1.807) is 18.2 Å². The van der Waals surface area contributed by atoms with E-state index in [0.717, 1.165) is 5.56 Å². The Morgan fingerprint density at radius 1 is 1.25 bits per heavy atom.